The summed E-state index contributed by atoms with van der Waals surface area (Å²) in [4.78, 5) is 8.51. The molecule has 0 saturated heterocycles. The lowest BCUT2D eigenvalue weighted by atomic mass is 10.2. The predicted molar refractivity (Wildman–Crippen MR) is 55.9 cm³/mol. The highest BCUT2D eigenvalue weighted by molar-refractivity contribution is 7.90. The first-order valence-electron chi connectivity index (χ1n) is 4.72. The Hall–Kier alpha value is -1.01. The number of aromatic nitrogens is 2. The maximum absolute atomic E-state index is 11.4. The Labute approximate surface area is 88.9 Å². The zero-order valence-corrected chi connectivity index (χ0v) is 9.56. The number of hydrogen-bond donors (Lipinski definition) is 1. The molecule has 0 amide bonds. The minimum atomic E-state index is -2.98. The molecule has 2 rings (SSSR count). The number of hydrogen-bond acceptors (Lipinski definition) is 5. The first-order chi connectivity index (χ1) is 7.02. The van der Waals surface area contributed by atoms with Gasteiger partial charge in [0, 0.05) is 11.3 Å². The second kappa shape index (κ2) is 3.53. The molecule has 0 fully saturated rings. The zero-order chi connectivity index (χ0) is 11.1. The third-order valence-electron chi connectivity index (χ3n) is 2.40. The van der Waals surface area contributed by atoms with Gasteiger partial charge >= 0.3 is 0 Å². The van der Waals surface area contributed by atoms with Crippen molar-refractivity contribution < 1.29 is 8.42 Å². The summed E-state index contributed by atoms with van der Waals surface area (Å²) in [5, 5.41) is 2.95. The summed E-state index contributed by atoms with van der Waals surface area (Å²) in [6.45, 7) is 2.40. The van der Waals surface area contributed by atoms with Crippen LogP contribution in [0.2, 0.25) is 0 Å². The van der Waals surface area contributed by atoms with Gasteiger partial charge in [-0.25, -0.2) is 18.4 Å². The van der Waals surface area contributed by atoms with E-state index >= 15 is 0 Å². The molecule has 1 N–H and O–H groups in total. The zero-order valence-electron chi connectivity index (χ0n) is 8.74. The first kappa shape index (κ1) is 10.5. The smallest absolute Gasteiger partial charge is 0.160 e. The van der Waals surface area contributed by atoms with E-state index in [0.29, 0.717) is 18.1 Å². The van der Waals surface area contributed by atoms with Crippen molar-refractivity contribution in [2.45, 2.75) is 25.0 Å². The van der Waals surface area contributed by atoms with E-state index in [-0.39, 0.29) is 11.5 Å². The van der Waals surface area contributed by atoms with Crippen LogP contribution in [0.4, 0.5) is 0 Å². The summed E-state index contributed by atoms with van der Waals surface area (Å²) in [7, 11) is -1.17. The molecule has 0 bridgehead atoms. The third kappa shape index (κ3) is 2.00. The molecular formula is C9H13N3O2S. The second-order valence-electron chi connectivity index (χ2n) is 3.71. The highest BCUT2D eigenvalue weighted by Crippen LogP contribution is 2.25. The standard InChI is InChI=1S/C9H13N3O2S/c1-6-7-4-15(13,14)5-8(7)12-9(11-6)3-10-2/h10H,3-5H2,1-2H3. The molecule has 1 aliphatic heterocycles. The van der Waals surface area contributed by atoms with Crippen LogP contribution in [-0.2, 0) is 27.9 Å². The summed E-state index contributed by atoms with van der Waals surface area (Å²) in [5.74, 6) is 0.807. The third-order valence-corrected chi connectivity index (χ3v) is 3.84. The molecule has 0 saturated carbocycles. The van der Waals surface area contributed by atoms with E-state index < -0.39 is 9.84 Å². The van der Waals surface area contributed by atoms with Gasteiger partial charge in [-0.3, -0.25) is 0 Å². The Morgan fingerprint density at radius 1 is 1.33 bits per heavy atom. The summed E-state index contributed by atoms with van der Waals surface area (Å²) < 4.78 is 22.9. The van der Waals surface area contributed by atoms with E-state index in [9.17, 15) is 8.42 Å². The quantitative estimate of drug-likeness (QED) is 0.766. The molecule has 5 nitrogen and oxygen atoms in total. The number of sulfone groups is 1. The van der Waals surface area contributed by atoms with Gasteiger partial charge in [-0.05, 0) is 14.0 Å². The number of fused-ring (bicyclic) bond motifs is 1. The van der Waals surface area contributed by atoms with Gasteiger partial charge in [-0.1, -0.05) is 0 Å². The number of nitrogens with one attached hydrogen (secondary N) is 1. The fourth-order valence-electron chi connectivity index (χ4n) is 1.74. The van der Waals surface area contributed by atoms with Gasteiger partial charge < -0.3 is 5.32 Å². The van der Waals surface area contributed by atoms with Crippen LogP contribution in [0.5, 0.6) is 0 Å². The van der Waals surface area contributed by atoms with Crippen molar-refractivity contribution in [3.8, 4) is 0 Å². The average Bonchev–Trinajstić information content (AvgIpc) is 2.41. The molecule has 2 heterocycles. The molecule has 0 spiro atoms. The molecule has 0 aliphatic carbocycles. The van der Waals surface area contributed by atoms with Crippen LogP contribution in [0.1, 0.15) is 22.8 Å². The average molecular weight is 227 g/mol. The number of nitrogens with zero attached hydrogens (tertiary/aromatic N) is 2. The Kier molecular flexibility index (Phi) is 2.47. The van der Waals surface area contributed by atoms with Crippen LogP contribution in [0, 0.1) is 6.92 Å². The summed E-state index contributed by atoms with van der Waals surface area (Å²) in [6.07, 6.45) is 0. The van der Waals surface area contributed by atoms with Crippen LogP contribution >= 0.6 is 0 Å². The van der Waals surface area contributed by atoms with Gasteiger partial charge in [0.1, 0.15) is 5.82 Å². The molecule has 1 aromatic heterocycles. The van der Waals surface area contributed by atoms with E-state index in [2.05, 4.69) is 15.3 Å². The van der Waals surface area contributed by atoms with E-state index in [1.165, 1.54) is 0 Å². The van der Waals surface area contributed by atoms with Crippen molar-refractivity contribution in [2.75, 3.05) is 7.05 Å². The molecule has 0 radical (unpaired) electrons. The van der Waals surface area contributed by atoms with E-state index in [4.69, 9.17) is 0 Å². The van der Waals surface area contributed by atoms with Gasteiger partial charge in [0.05, 0.1) is 23.7 Å². The maximum Gasteiger partial charge on any atom is 0.160 e. The van der Waals surface area contributed by atoms with Crippen molar-refractivity contribution >= 4 is 9.84 Å². The molecule has 1 aliphatic rings. The lowest BCUT2D eigenvalue weighted by molar-refractivity contribution is 0.597. The van der Waals surface area contributed by atoms with Crippen LogP contribution < -0.4 is 5.32 Å². The molecule has 6 heteroatoms. The number of rotatable bonds is 2. The molecule has 82 valence electrons. The van der Waals surface area contributed by atoms with Gasteiger partial charge in [0.2, 0.25) is 0 Å². The van der Waals surface area contributed by atoms with E-state index in [1.54, 1.807) is 0 Å². The second-order valence-corrected chi connectivity index (χ2v) is 5.78. The lowest BCUT2D eigenvalue weighted by Crippen LogP contribution is -2.11. The molecule has 0 unspecified atom stereocenters. The van der Waals surface area contributed by atoms with Gasteiger partial charge in [-0.2, -0.15) is 0 Å². The Morgan fingerprint density at radius 2 is 2.07 bits per heavy atom. The topological polar surface area (TPSA) is 72.0 Å². The Bertz CT molecular complexity index is 496. The first-order valence-corrected chi connectivity index (χ1v) is 6.54. The Morgan fingerprint density at radius 3 is 2.73 bits per heavy atom. The molecule has 1 aromatic rings. The highest BCUT2D eigenvalue weighted by Gasteiger charge is 2.28. The molecule has 0 atom stereocenters. The normalized spacial score (nSPS) is 17.7. The minimum absolute atomic E-state index is 0.0579. The van der Waals surface area contributed by atoms with Crippen molar-refractivity contribution in [3.63, 3.8) is 0 Å². The summed E-state index contributed by atoms with van der Waals surface area (Å²) >= 11 is 0. The lowest BCUT2D eigenvalue weighted by Gasteiger charge is -2.04. The fourth-order valence-corrected chi connectivity index (χ4v) is 3.31. The molecular weight excluding hydrogens is 214 g/mol. The minimum Gasteiger partial charge on any atom is -0.313 e. The SMILES string of the molecule is CNCc1nc(C)c2c(n1)CS(=O)(=O)C2. The summed E-state index contributed by atoms with van der Waals surface area (Å²) in [5.41, 5.74) is 2.24. The molecule has 15 heavy (non-hydrogen) atoms. The largest absolute Gasteiger partial charge is 0.313 e. The van der Waals surface area contributed by atoms with Gasteiger partial charge in [0.25, 0.3) is 0 Å². The van der Waals surface area contributed by atoms with Crippen molar-refractivity contribution in [1.29, 1.82) is 0 Å². The van der Waals surface area contributed by atoms with Crippen molar-refractivity contribution in [3.05, 3.63) is 22.8 Å². The van der Waals surface area contributed by atoms with Crippen molar-refractivity contribution in [2.24, 2.45) is 0 Å². The molecule has 0 aromatic carbocycles. The maximum atomic E-state index is 11.4. The van der Waals surface area contributed by atoms with Crippen LogP contribution in [0.3, 0.4) is 0 Å². The highest BCUT2D eigenvalue weighted by atomic mass is 32.2. The summed E-state index contributed by atoms with van der Waals surface area (Å²) in [6, 6.07) is 0. The van der Waals surface area contributed by atoms with E-state index in [0.717, 1.165) is 11.3 Å². The number of aryl methyl sites for hydroxylation is 1. The van der Waals surface area contributed by atoms with E-state index in [1.807, 2.05) is 14.0 Å². The van der Waals surface area contributed by atoms with Crippen LogP contribution in [0.25, 0.3) is 0 Å². The monoisotopic (exact) mass is 227 g/mol. The fraction of sp³-hybridized carbons (Fsp3) is 0.556. The predicted octanol–water partition coefficient (Wildman–Crippen LogP) is -0.0672. The van der Waals surface area contributed by atoms with Gasteiger partial charge in [0.15, 0.2) is 9.84 Å². The van der Waals surface area contributed by atoms with Crippen LogP contribution in [-0.4, -0.2) is 25.4 Å². The Balaban J connectivity index is 2.46. The van der Waals surface area contributed by atoms with Crippen LogP contribution in [0.15, 0.2) is 0 Å². The van der Waals surface area contributed by atoms with Gasteiger partial charge in [-0.15, -0.1) is 0 Å². The van der Waals surface area contributed by atoms with Crippen molar-refractivity contribution in [1.82, 2.24) is 15.3 Å².